The van der Waals surface area contributed by atoms with Gasteiger partial charge in [-0.15, -0.1) is 0 Å². The molecule has 0 aromatic heterocycles. The van der Waals surface area contributed by atoms with Gasteiger partial charge in [0.05, 0.1) is 11.8 Å². The van der Waals surface area contributed by atoms with Crippen LogP contribution >= 0.6 is 0 Å². The van der Waals surface area contributed by atoms with E-state index >= 15 is 0 Å². The predicted molar refractivity (Wildman–Crippen MR) is 113 cm³/mol. The van der Waals surface area contributed by atoms with Crippen LogP contribution in [0.3, 0.4) is 0 Å². The van der Waals surface area contributed by atoms with Crippen molar-refractivity contribution in [2.24, 2.45) is 23.7 Å². The molecule has 1 saturated heterocycles. The van der Waals surface area contributed by atoms with Crippen molar-refractivity contribution < 1.29 is 19.5 Å². The van der Waals surface area contributed by atoms with E-state index in [0.29, 0.717) is 13.0 Å². The fourth-order valence-corrected chi connectivity index (χ4v) is 4.78. The average molecular weight is 414 g/mol. The number of amides is 3. The summed E-state index contributed by atoms with van der Waals surface area (Å²) >= 11 is 0. The summed E-state index contributed by atoms with van der Waals surface area (Å²) in [7, 11) is 1.58. The second-order valence-electron chi connectivity index (χ2n) is 7.96. The van der Waals surface area contributed by atoms with Crippen LogP contribution in [0.15, 0.2) is 42.5 Å². The molecule has 162 valence electrons. The molecule has 7 nitrogen and oxygen atoms in total. The first-order chi connectivity index (χ1) is 14.5. The number of nitrogens with one attached hydrogen (secondary N) is 2. The molecule has 0 spiro atoms. The maximum absolute atomic E-state index is 13.4. The van der Waals surface area contributed by atoms with Crippen LogP contribution in [0.1, 0.15) is 25.3 Å². The van der Waals surface area contributed by atoms with E-state index in [1.807, 2.05) is 49.4 Å². The lowest BCUT2D eigenvalue weighted by molar-refractivity contribution is -0.140. The summed E-state index contributed by atoms with van der Waals surface area (Å²) in [6.45, 7) is 2.59. The number of likely N-dealkylation sites (tertiary alicyclic amines) is 1. The normalized spacial score (nSPS) is 27.6. The van der Waals surface area contributed by atoms with Gasteiger partial charge >= 0.3 is 0 Å². The Hall–Kier alpha value is -2.67. The van der Waals surface area contributed by atoms with Gasteiger partial charge in [-0.05, 0) is 24.3 Å². The molecule has 3 amide bonds. The molecule has 3 rings (SSSR count). The number of hydrogen-bond donors (Lipinski definition) is 3. The number of benzene rings is 1. The van der Waals surface area contributed by atoms with Gasteiger partial charge in [-0.3, -0.25) is 14.4 Å². The summed E-state index contributed by atoms with van der Waals surface area (Å²) in [6.07, 6.45) is 5.06. The number of rotatable bonds is 8. The zero-order valence-electron chi connectivity index (χ0n) is 17.6. The molecular formula is C23H31N3O4. The van der Waals surface area contributed by atoms with Gasteiger partial charge in [0.25, 0.3) is 0 Å². The highest BCUT2D eigenvalue weighted by Gasteiger charge is 2.56. The van der Waals surface area contributed by atoms with Crippen molar-refractivity contribution in [3.8, 4) is 0 Å². The Bertz CT molecular complexity index is 795. The van der Waals surface area contributed by atoms with Gasteiger partial charge in [-0.2, -0.15) is 0 Å². The molecule has 1 aliphatic heterocycles. The highest BCUT2D eigenvalue weighted by molar-refractivity contribution is 5.96. The molecule has 0 bridgehead atoms. The van der Waals surface area contributed by atoms with Crippen LogP contribution in [-0.4, -0.2) is 54.0 Å². The van der Waals surface area contributed by atoms with Crippen molar-refractivity contribution in [1.29, 1.82) is 0 Å². The third kappa shape index (κ3) is 4.26. The number of allylic oxidation sites excluding steroid dienone is 1. The summed E-state index contributed by atoms with van der Waals surface area (Å²) in [5, 5.41) is 14.9. The van der Waals surface area contributed by atoms with E-state index in [-0.39, 0.29) is 42.7 Å². The maximum atomic E-state index is 13.4. The Morgan fingerprint density at radius 3 is 2.50 bits per heavy atom. The Kier molecular flexibility index (Phi) is 7.26. The van der Waals surface area contributed by atoms with E-state index < -0.39 is 17.9 Å². The lowest BCUT2D eigenvalue weighted by Gasteiger charge is -2.33. The van der Waals surface area contributed by atoms with Gasteiger partial charge in [-0.25, -0.2) is 0 Å². The zero-order chi connectivity index (χ0) is 21.7. The molecule has 1 aromatic carbocycles. The second kappa shape index (κ2) is 9.89. The quantitative estimate of drug-likeness (QED) is 0.556. The van der Waals surface area contributed by atoms with Crippen molar-refractivity contribution in [2.75, 3.05) is 20.2 Å². The summed E-state index contributed by atoms with van der Waals surface area (Å²) in [6, 6.07) is 8.91. The summed E-state index contributed by atoms with van der Waals surface area (Å²) in [4.78, 5) is 40.8. The molecule has 1 fully saturated rings. The Labute approximate surface area is 177 Å². The smallest absolute Gasteiger partial charge is 0.243 e. The number of hydrogen-bond acceptors (Lipinski definition) is 4. The van der Waals surface area contributed by atoms with E-state index in [4.69, 9.17) is 0 Å². The number of carbonyl (C=O) groups excluding carboxylic acids is 3. The monoisotopic (exact) mass is 413 g/mol. The molecule has 1 aliphatic carbocycles. The lowest BCUT2D eigenvalue weighted by atomic mass is 9.69. The standard InChI is InChI=1S/C23H31N3O4/c1-3-16-10-11-17-19(18(16)21(28)24-2)23(30)26(12-7-13-27)20(17)22(29)25-14-15-8-5-4-6-9-15/h4-6,8-11,16-20,27H,3,7,12-14H2,1-2H3,(H,24,28)(H,25,29)/t16-,17+,18-,19-,20+/m1/s1. The summed E-state index contributed by atoms with van der Waals surface area (Å²) < 4.78 is 0. The first-order valence-electron chi connectivity index (χ1n) is 10.7. The van der Waals surface area contributed by atoms with Crippen LogP contribution in [0, 0.1) is 23.7 Å². The van der Waals surface area contributed by atoms with Gasteiger partial charge in [0.15, 0.2) is 0 Å². The molecular weight excluding hydrogens is 382 g/mol. The molecule has 2 aliphatic rings. The molecule has 5 atom stereocenters. The van der Waals surface area contributed by atoms with Crippen molar-refractivity contribution >= 4 is 17.7 Å². The number of fused-ring (bicyclic) bond motifs is 1. The van der Waals surface area contributed by atoms with Crippen molar-refractivity contribution in [2.45, 2.75) is 32.4 Å². The topological polar surface area (TPSA) is 98.7 Å². The molecule has 0 radical (unpaired) electrons. The van der Waals surface area contributed by atoms with Crippen molar-refractivity contribution in [3.05, 3.63) is 48.0 Å². The SMILES string of the molecule is CC[C@@H]1C=C[C@H]2[C@@H](C(=O)N(CCCO)[C@@H]2C(=O)NCc2ccccc2)[C@@H]1C(=O)NC. The fourth-order valence-electron chi connectivity index (χ4n) is 4.78. The molecule has 0 saturated carbocycles. The van der Waals surface area contributed by atoms with Crippen LogP contribution in [0.2, 0.25) is 0 Å². The van der Waals surface area contributed by atoms with Crippen LogP contribution < -0.4 is 10.6 Å². The number of nitrogens with zero attached hydrogens (tertiary/aromatic N) is 1. The number of aliphatic hydroxyl groups excluding tert-OH is 1. The van der Waals surface area contributed by atoms with Gasteiger partial charge in [0.1, 0.15) is 6.04 Å². The average Bonchev–Trinajstić information content (AvgIpc) is 3.07. The molecule has 3 N–H and O–H groups in total. The van der Waals surface area contributed by atoms with Crippen molar-refractivity contribution in [1.82, 2.24) is 15.5 Å². The number of aliphatic hydroxyl groups is 1. The Morgan fingerprint density at radius 2 is 1.87 bits per heavy atom. The highest BCUT2D eigenvalue weighted by atomic mass is 16.3. The van der Waals surface area contributed by atoms with E-state index in [9.17, 15) is 19.5 Å². The van der Waals surface area contributed by atoms with E-state index in [1.54, 1.807) is 11.9 Å². The van der Waals surface area contributed by atoms with Gasteiger partial charge < -0.3 is 20.6 Å². The first-order valence-corrected chi connectivity index (χ1v) is 10.7. The molecule has 7 heteroatoms. The van der Waals surface area contributed by atoms with Crippen LogP contribution in [0.4, 0.5) is 0 Å². The second-order valence-corrected chi connectivity index (χ2v) is 7.96. The summed E-state index contributed by atoms with van der Waals surface area (Å²) in [5.74, 6) is -2.03. The highest BCUT2D eigenvalue weighted by Crippen LogP contribution is 2.44. The zero-order valence-corrected chi connectivity index (χ0v) is 17.6. The molecule has 30 heavy (non-hydrogen) atoms. The first kappa shape index (κ1) is 22.0. The van der Waals surface area contributed by atoms with E-state index in [2.05, 4.69) is 10.6 Å². The minimum Gasteiger partial charge on any atom is -0.396 e. The minimum atomic E-state index is -0.682. The van der Waals surface area contributed by atoms with Crippen LogP contribution in [-0.2, 0) is 20.9 Å². The molecule has 1 heterocycles. The minimum absolute atomic E-state index is 0.0408. The number of carbonyl (C=O) groups is 3. The van der Waals surface area contributed by atoms with Crippen molar-refractivity contribution in [3.63, 3.8) is 0 Å². The maximum Gasteiger partial charge on any atom is 0.243 e. The summed E-state index contributed by atoms with van der Waals surface area (Å²) in [5.41, 5.74) is 0.974. The lowest BCUT2D eigenvalue weighted by Crippen LogP contribution is -2.47. The predicted octanol–water partition coefficient (Wildman–Crippen LogP) is 1.09. The molecule has 0 unspecified atom stereocenters. The van der Waals surface area contributed by atoms with Gasteiger partial charge in [0.2, 0.25) is 17.7 Å². The van der Waals surface area contributed by atoms with E-state index in [0.717, 1.165) is 12.0 Å². The van der Waals surface area contributed by atoms with Crippen LogP contribution in [0.25, 0.3) is 0 Å². The Morgan fingerprint density at radius 1 is 1.13 bits per heavy atom. The van der Waals surface area contributed by atoms with E-state index in [1.165, 1.54) is 0 Å². The van der Waals surface area contributed by atoms with Gasteiger partial charge in [-0.1, -0.05) is 49.4 Å². The Balaban J connectivity index is 1.88. The fraction of sp³-hybridized carbons (Fsp3) is 0.522. The largest absolute Gasteiger partial charge is 0.396 e. The third-order valence-corrected chi connectivity index (χ3v) is 6.27. The molecule has 1 aromatic rings. The van der Waals surface area contributed by atoms with Gasteiger partial charge in [0, 0.05) is 32.7 Å². The van der Waals surface area contributed by atoms with Crippen LogP contribution in [0.5, 0.6) is 0 Å². The third-order valence-electron chi connectivity index (χ3n) is 6.27.